The van der Waals surface area contributed by atoms with Crippen LogP contribution in [0.1, 0.15) is 13.8 Å². The maximum absolute atomic E-state index is 8.06. The summed E-state index contributed by atoms with van der Waals surface area (Å²) in [6.07, 6.45) is -0.167. The fourth-order valence-corrected chi connectivity index (χ4v) is 0. The molecule has 1 nitrogen and oxygen atoms in total. The molecule has 0 amide bonds. The van der Waals surface area contributed by atoms with Crippen molar-refractivity contribution in [2.75, 3.05) is 0 Å². The second-order valence-electron chi connectivity index (χ2n) is 1.09. The van der Waals surface area contributed by atoms with Gasteiger partial charge in [-0.2, -0.15) is 0 Å². The van der Waals surface area contributed by atoms with E-state index in [1.165, 1.54) is 0 Å². The Morgan fingerprint density at radius 3 is 1.40 bits per heavy atom. The van der Waals surface area contributed by atoms with Gasteiger partial charge in [0.2, 0.25) is 0 Å². The van der Waals surface area contributed by atoms with Gasteiger partial charge < -0.3 is 5.11 Å². The van der Waals surface area contributed by atoms with Crippen LogP contribution in [-0.2, 0) is 0 Å². The number of rotatable bonds is 0. The molecule has 0 unspecified atom stereocenters. The van der Waals surface area contributed by atoms with Crippen LogP contribution in [0.25, 0.3) is 0 Å². The van der Waals surface area contributed by atoms with E-state index in [1.54, 1.807) is 13.8 Å². The molecule has 0 aliphatic heterocycles. The molecule has 0 aromatic carbocycles. The predicted octanol–water partition coefficient (Wildman–Crippen LogP) is -0.797. The van der Waals surface area contributed by atoms with Crippen LogP contribution in [0.3, 0.4) is 0 Å². The van der Waals surface area contributed by atoms with Crippen LogP contribution in [0.2, 0.25) is 0 Å². The summed E-state index contributed by atoms with van der Waals surface area (Å²) < 4.78 is 0. The van der Waals surface area contributed by atoms with Crippen molar-refractivity contribution in [1.29, 1.82) is 0 Å². The van der Waals surface area contributed by atoms with Crippen LogP contribution in [-0.4, -0.2) is 37.4 Å². The van der Waals surface area contributed by atoms with Crippen LogP contribution in [0.15, 0.2) is 0 Å². The topological polar surface area (TPSA) is 20.2 Å². The molecule has 0 heterocycles. The maximum atomic E-state index is 8.06. The molecular weight excluding hydrogens is 261 g/mol. The van der Waals surface area contributed by atoms with Gasteiger partial charge in [-0.1, -0.05) is 0 Å². The Bertz CT molecular complexity index is 11.6. The second kappa shape index (κ2) is 4.84. The van der Waals surface area contributed by atoms with E-state index in [-0.39, 0.29) is 32.3 Å². The number of hydrogen-bond acceptors (Lipinski definition) is 1. The average Bonchev–Trinajstić information content (AvgIpc) is 0.811. The molecular formula is C3H11BiO. The minimum atomic E-state index is -0.167. The molecule has 0 fully saturated rings. The van der Waals surface area contributed by atoms with E-state index < -0.39 is 0 Å². The van der Waals surface area contributed by atoms with Crippen LogP contribution in [0.5, 0.6) is 0 Å². The van der Waals surface area contributed by atoms with Crippen molar-refractivity contribution in [3.63, 3.8) is 0 Å². The molecule has 1 N–H and O–H groups in total. The quantitative estimate of drug-likeness (QED) is 0.573. The molecule has 0 saturated heterocycles. The summed E-state index contributed by atoms with van der Waals surface area (Å²) in [7, 11) is 0. The molecule has 0 spiro atoms. The first-order valence-electron chi connectivity index (χ1n) is 1.41. The summed E-state index contributed by atoms with van der Waals surface area (Å²) in [4.78, 5) is 0. The molecule has 0 aliphatic rings. The zero-order valence-electron chi connectivity index (χ0n) is 3.73. The molecule has 0 saturated carbocycles. The van der Waals surface area contributed by atoms with E-state index in [4.69, 9.17) is 5.11 Å². The van der Waals surface area contributed by atoms with Crippen LogP contribution >= 0.6 is 0 Å². The Balaban J connectivity index is 0. The van der Waals surface area contributed by atoms with Crippen molar-refractivity contribution >= 4 is 26.2 Å². The standard InChI is InChI=1S/C3H8O.Bi.3H/c1-3(2)4;;;;/h3-4H,1-2H3;;;;. The molecule has 34 valence electrons. The summed E-state index contributed by atoms with van der Waals surface area (Å²) >= 11 is 0. The number of hydrogen-bond donors (Lipinski definition) is 1. The molecule has 0 aromatic heterocycles. The van der Waals surface area contributed by atoms with E-state index >= 15 is 0 Å². The van der Waals surface area contributed by atoms with Gasteiger partial charge in [0, 0.05) is 6.10 Å². The van der Waals surface area contributed by atoms with Crippen LogP contribution in [0, 0.1) is 0 Å². The second-order valence-corrected chi connectivity index (χ2v) is 1.09. The third-order valence-corrected chi connectivity index (χ3v) is 0. The average molecular weight is 272 g/mol. The van der Waals surface area contributed by atoms with Crippen molar-refractivity contribution in [2.45, 2.75) is 20.0 Å². The third kappa shape index (κ3) is 55.1. The number of aliphatic hydroxyl groups excluding tert-OH is 1. The van der Waals surface area contributed by atoms with Gasteiger partial charge in [0.15, 0.2) is 0 Å². The van der Waals surface area contributed by atoms with Crippen molar-refractivity contribution < 1.29 is 5.11 Å². The van der Waals surface area contributed by atoms with E-state index in [0.717, 1.165) is 0 Å². The summed E-state index contributed by atoms with van der Waals surface area (Å²) in [5, 5.41) is 8.06. The Morgan fingerprint density at radius 2 is 1.40 bits per heavy atom. The monoisotopic (exact) mass is 272 g/mol. The van der Waals surface area contributed by atoms with Gasteiger partial charge in [-0.15, -0.1) is 0 Å². The van der Waals surface area contributed by atoms with Crippen LogP contribution in [0.4, 0.5) is 0 Å². The number of aliphatic hydroxyl groups is 1. The van der Waals surface area contributed by atoms with Gasteiger partial charge >= 0.3 is 26.2 Å². The summed E-state index contributed by atoms with van der Waals surface area (Å²) in [5.41, 5.74) is 0. The summed E-state index contributed by atoms with van der Waals surface area (Å²) in [6.45, 7) is 3.44. The molecule has 2 heteroatoms. The third-order valence-electron chi connectivity index (χ3n) is 0. The zero-order valence-corrected chi connectivity index (χ0v) is 9.23. The van der Waals surface area contributed by atoms with Gasteiger partial charge in [-0.05, 0) is 13.8 Å². The molecule has 0 rings (SSSR count). The minimum absolute atomic E-state index is 0. The SMILES string of the molecule is CC(C)O.[BiH3]. The molecule has 0 atom stereocenters. The molecule has 5 heavy (non-hydrogen) atoms. The molecule has 0 bridgehead atoms. The first kappa shape index (κ1) is 9.28. The van der Waals surface area contributed by atoms with Gasteiger partial charge in [0.1, 0.15) is 0 Å². The Labute approximate surface area is 51.5 Å². The van der Waals surface area contributed by atoms with Crippen molar-refractivity contribution in [2.24, 2.45) is 0 Å². The fraction of sp³-hybridized carbons (Fsp3) is 1.00. The molecule has 0 aliphatic carbocycles. The van der Waals surface area contributed by atoms with Gasteiger partial charge in [-0.25, -0.2) is 0 Å². The van der Waals surface area contributed by atoms with Crippen molar-refractivity contribution in [3.8, 4) is 0 Å². The normalized spacial score (nSPS) is 7.20. The van der Waals surface area contributed by atoms with Crippen LogP contribution < -0.4 is 0 Å². The van der Waals surface area contributed by atoms with Gasteiger partial charge in [0.05, 0.1) is 0 Å². The summed E-state index contributed by atoms with van der Waals surface area (Å²) in [6, 6.07) is 0. The molecule has 0 aromatic rings. The molecule has 0 radical (unpaired) electrons. The summed E-state index contributed by atoms with van der Waals surface area (Å²) in [5.74, 6) is 0. The van der Waals surface area contributed by atoms with Gasteiger partial charge in [0.25, 0.3) is 0 Å². The van der Waals surface area contributed by atoms with E-state index in [9.17, 15) is 0 Å². The van der Waals surface area contributed by atoms with E-state index in [1.807, 2.05) is 0 Å². The Morgan fingerprint density at radius 1 is 1.40 bits per heavy atom. The first-order chi connectivity index (χ1) is 1.73. The van der Waals surface area contributed by atoms with Gasteiger partial charge in [-0.3, -0.25) is 0 Å². The van der Waals surface area contributed by atoms with E-state index in [0.29, 0.717) is 0 Å². The Hall–Kier alpha value is 0.843. The first-order valence-corrected chi connectivity index (χ1v) is 1.41. The van der Waals surface area contributed by atoms with Crippen molar-refractivity contribution in [3.05, 3.63) is 0 Å². The van der Waals surface area contributed by atoms with E-state index in [2.05, 4.69) is 0 Å². The predicted molar refractivity (Wildman–Crippen MR) is 27.3 cm³/mol. The van der Waals surface area contributed by atoms with Crippen molar-refractivity contribution in [1.82, 2.24) is 0 Å². The zero-order chi connectivity index (χ0) is 3.58. The Kier molecular flexibility index (Phi) is 8.99. The fourth-order valence-electron chi connectivity index (χ4n) is 0.